The number of benzene rings is 2. The maximum Gasteiger partial charge on any atom is 0.185 e. The SMILES string of the molecule is N#Cc1cccc(Nc2c(F)c(F)cc(F)c2F)c1. The maximum atomic E-state index is 13.4. The Morgan fingerprint density at radius 1 is 0.947 bits per heavy atom. The van der Waals surface area contributed by atoms with Crippen LogP contribution in [0.15, 0.2) is 30.3 Å². The van der Waals surface area contributed by atoms with Crippen molar-refractivity contribution in [1.29, 1.82) is 5.26 Å². The molecule has 0 aliphatic rings. The Labute approximate surface area is 105 Å². The summed E-state index contributed by atoms with van der Waals surface area (Å²) in [6.45, 7) is 0. The topological polar surface area (TPSA) is 35.8 Å². The molecule has 0 unspecified atom stereocenters. The van der Waals surface area contributed by atoms with Gasteiger partial charge >= 0.3 is 0 Å². The summed E-state index contributed by atoms with van der Waals surface area (Å²) in [6, 6.07) is 7.60. The molecule has 2 aromatic carbocycles. The molecular formula is C13H6F4N2. The highest BCUT2D eigenvalue weighted by Gasteiger charge is 2.19. The Balaban J connectivity index is 2.46. The van der Waals surface area contributed by atoms with Gasteiger partial charge in [-0.3, -0.25) is 0 Å². The molecule has 2 aromatic rings. The molecule has 2 rings (SSSR count). The van der Waals surface area contributed by atoms with Crippen LogP contribution < -0.4 is 5.32 Å². The van der Waals surface area contributed by atoms with Gasteiger partial charge in [-0.25, -0.2) is 17.6 Å². The molecule has 0 spiro atoms. The molecule has 0 radical (unpaired) electrons. The zero-order valence-electron chi connectivity index (χ0n) is 9.35. The molecule has 19 heavy (non-hydrogen) atoms. The Hall–Kier alpha value is -2.55. The van der Waals surface area contributed by atoms with Crippen molar-refractivity contribution in [3.63, 3.8) is 0 Å². The van der Waals surface area contributed by atoms with Gasteiger partial charge in [-0.05, 0) is 18.2 Å². The highest BCUT2D eigenvalue weighted by Crippen LogP contribution is 2.27. The van der Waals surface area contributed by atoms with E-state index in [0.717, 1.165) is 0 Å². The van der Waals surface area contributed by atoms with E-state index in [1.54, 1.807) is 0 Å². The highest BCUT2D eigenvalue weighted by atomic mass is 19.2. The molecule has 0 aromatic heterocycles. The second-order valence-corrected chi connectivity index (χ2v) is 3.66. The number of hydrogen-bond acceptors (Lipinski definition) is 2. The number of nitriles is 1. The van der Waals surface area contributed by atoms with E-state index < -0.39 is 29.0 Å². The van der Waals surface area contributed by atoms with Crippen molar-refractivity contribution in [2.24, 2.45) is 0 Å². The van der Waals surface area contributed by atoms with Crippen molar-refractivity contribution < 1.29 is 17.6 Å². The van der Waals surface area contributed by atoms with Crippen LogP contribution in [-0.2, 0) is 0 Å². The lowest BCUT2D eigenvalue weighted by molar-refractivity contribution is 0.459. The first-order valence-corrected chi connectivity index (χ1v) is 5.13. The first-order chi connectivity index (χ1) is 9.02. The van der Waals surface area contributed by atoms with Gasteiger partial charge in [0.1, 0.15) is 5.69 Å². The van der Waals surface area contributed by atoms with E-state index in [2.05, 4.69) is 5.32 Å². The Kier molecular flexibility index (Phi) is 3.38. The molecule has 96 valence electrons. The molecule has 0 atom stereocenters. The average Bonchev–Trinajstić information content (AvgIpc) is 2.41. The fourth-order valence-electron chi connectivity index (χ4n) is 1.49. The molecule has 0 aliphatic heterocycles. The first-order valence-electron chi connectivity index (χ1n) is 5.13. The summed E-state index contributed by atoms with van der Waals surface area (Å²) in [5.41, 5.74) is -0.558. The molecule has 0 bridgehead atoms. The summed E-state index contributed by atoms with van der Waals surface area (Å²) < 4.78 is 52.8. The number of hydrogen-bond donors (Lipinski definition) is 1. The molecule has 0 fully saturated rings. The zero-order chi connectivity index (χ0) is 14.0. The van der Waals surface area contributed by atoms with E-state index in [4.69, 9.17) is 5.26 Å². The minimum absolute atomic E-state index is 0.127. The van der Waals surface area contributed by atoms with Crippen LogP contribution in [0.2, 0.25) is 0 Å². The molecule has 1 N–H and O–H groups in total. The third kappa shape index (κ3) is 2.50. The largest absolute Gasteiger partial charge is 0.351 e. The molecule has 6 heteroatoms. The van der Waals surface area contributed by atoms with Crippen LogP contribution in [0.3, 0.4) is 0 Å². The Morgan fingerprint density at radius 3 is 2.16 bits per heavy atom. The second kappa shape index (κ2) is 4.98. The fraction of sp³-hybridized carbons (Fsp3) is 0. The van der Waals surface area contributed by atoms with Gasteiger partial charge in [-0.2, -0.15) is 5.26 Å². The van der Waals surface area contributed by atoms with E-state index in [0.29, 0.717) is 0 Å². The zero-order valence-corrected chi connectivity index (χ0v) is 9.35. The number of rotatable bonds is 2. The van der Waals surface area contributed by atoms with Crippen molar-refractivity contribution in [2.45, 2.75) is 0 Å². The summed E-state index contributed by atoms with van der Waals surface area (Å²) >= 11 is 0. The van der Waals surface area contributed by atoms with Crippen LogP contribution in [0, 0.1) is 34.6 Å². The Bertz CT molecular complexity index is 651. The molecule has 0 amide bonds. The monoisotopic (exact) mass is 266 g/mol. The van der Waals surface area contributed by atoms with Crippen LogP contribution >= 0.6 is 0 Å². The standard InChI is InChI=1S/C13H6F4N2/c14-9-5-10(15)12(17)13(11(9)16)19-8-3-1-2-7(4-8)6-18/h1-5,19H. The van der Waals surface area contributed by atoms with Gasteiger partial charge in [0.05, 0.1) is 11.6 Å². The van der Waals surface area contributed by atoms with Gasteiger partial charge in [0.25, 0.3) is 0 Å². The van der Waals surface area contributed by atoms with E-state index in [9.17, 15) is 17.6 Å². The maximum absolute atomic E-state index is 13.4. The summed E-state index contributed by atoms with van der Waals surface area (Å²) in [7, 11) is 0. The van der Waals surface area contributed by atoms with E-state index in [1.807, 2.05) is 6.07 Å². The molecule has 0 aliphatic carbocycles. The summed E-state index contributed by atoms with van der Waals surface area (Å²) in [5.74, 6) is -6.06. The highest BCUT2D eigenvalue weighted by molar-refractivity contribution is 5.62. The quantitative estimate of drug-likeness (QED) is 0.661. The summed E-state index contributed by atoms with van der Waals surface area (Å²) in [4.78, 5) is 0. The van der Waals surface area contributed by atoms with E-state index >= 15 is 0 Å². The van der Waals surface area contributed by atoms with Gasteiger partial charge in [-0.15, -0.1) is 0 Å². The molecule has 0 saturated carbocycles. The third-order valence-corrected chi connectivity index (χ3v) is 2.37. The predicted molar refractivity (Wildman–Crippen MR) is 60.7 cm³/mol. The van der Waals surface area contributed by atoms with E-state index in [1.165, 1.54) is 24.3 Å². The number of halogens is 4. The minimum atomic E-state index is -1.53. The summed E-state index contributed by atoms with van der Waals surface area (Å²) in [5, 5.41) is 10.9. The summed E-state index contributed by atoms with van der Waals surface area (Å²) in [6.07, 6.45) is 0. The van der Waals surface area contributed by atoms with E-state index in [-0.39, 0.29) is 17.3 Å². The van der Waals surface area contributed by atoms with Crippen LogP contribution in [0.4, 0.5) is 28.9 Å². The molecule has 2 nitrogen and oxygen atoms in total. The van der Waals surface area contributed by atoms with Crippen LogP contribution in [0.1, 0.15) is 5.56 Å². The molecule has 0 heterocycles. The van der Waals surface area contributed by atoms with Gasteiger partial charge in [-0.1, -0.05) is 6.07 Å². The van der Waals surface area contributed by atoms with Crippen molar-refractivity contribution in [1.82, 2.24) is 0 Å². The smallest absolute Gasteiger partial charge is 0.185 e. The van der Waals surface area contributed by atoms with Crippen molar-refractivity contribution >= 4 is 11.4 Å². The predicted octanol–water partition coefficient (Wildman–Crippen LogP) is 3.86. The van der Waals surface area contributed by atoms with Crippen LogP contribution in [0.5, 0.6) is 0 Å². The van der Waals surface area contributed by atoms with Crippen LogP contribution in [0.25, 0.3) is 0 Å². The lowest BCUT2D eigenvalue weighted by atomic mass is 10.2. The van der Waals surface area contributed by atoms with Gasteiger partial charge in [0.2, 0.25) is 0 Å². The van der Waals surface area contributed by atoms with Crippen LogP contribution in [-0.4, -0.2) is 0 Å². The van der Waals surface area contributed by atoms with Crippen molar-refractivity contribution in [2.75, 3.05) is 5.32 Å². The van der Waals surface area contributed by atoms with Crippen molar-refractivity contribution in [3.8, 4) is 6.07 Å². The first kappa shape index (κ1) is 12.9. The lowest BCUT2D eigenvalue weighted by Crippen LogP contribution is -2.03. The normalized spacial score (nSPS) is 10.1. The second-order valence-electron chi connectivity index (χ2n) is 3.66. The molecule has 0 saturated heterocycles. The molecular weight excluding hydrogens is 260 g/mol. The van der Waals surface area contributed by atoms with Gasteiger partial charge < -0.3 is 5.32 Å². The van der Waals surface area contributed by atoms with Gasteiger partial charge in [0.15, 0.2) is 23.3 Å². The number of nitrogens with zero attached hydrogens (tertiary/aromatic N) is 1. The fourth-order valence-corrected chi connectivity index (χ4v) is 1.49. The third-order valence-electron chi connectivity index (χ3n) is 2.37. The Morgan fingerprint density at radius 2 is 1.58 bits per heavy atom. The minimum Gasteiger partial charge on any atom is -0.351 e. The number of anilines is 2. The van der Waals surface area contributed by atoms with Gasteiger partial charge in [0, 0.05) is 11.8 Å². The van der Waals surface area contributed by atoms with Crippen molar-refractivity contribution in [3.05, 3.63) is 59.2 Å². The lowest BCUT2D eigenvalue weighted by Gasteiger charge is -2.10. The average molecular weight is 266 g/mol. The number of nitrogens with one attached hydrogen (secondary N) is 1.